The third-order valence-electron chi connectivity index (χ3n) is 3.53. The van der Waals surface area contributed by atoms with Crippen LogP contribution in [-0.2, 0) is 6.42 Å². The molecule has 2 rings (SSSR count). The molecule has 1 aromatic heterocycles. The van der Waals surface area contributed by atoms with Crippen LogP contribution in [-0.4, -0.2) is 13.1 Å². The van der Waals surface area contributed by atoms with E-state index in [-0.39, 0.29) is 0 Å². The maximum absolute atomic E-state index is 6.06. The van der Waals surface area contributed by atoms with Crippen molar-refractivity contribution in [3.63, 3.8) is 0 Å². The third-order valence-corrected chi connectivity index (χ3v) is 4.79. The summed E-state index contributed by atoms with van der Waals surface area (Å²) in [4.78, 5) is 1.36. The molecule has 3 heteroatoms. The van der Waals surface area contributed by atoms with Crippen LogP contribution in [0.3, 0.4) is 0 Å². The summed E-state index contributed by atoms with van der Waals surface area (Å²) in [7, 11) is 0. The molecule has 1 heterocycles. The first-order valence-corrected chi connectivity index (χ1v) is 8.75. The molecule has 1 aromatic carbocycles. The van der Waals surface area contributed by atoms with E-state index in [0.717, 1.165) is 23.8 Å². The standard InChI is InChI=1S/C18H24ClNS/c1-13(2)11-20-12-16(10-17-7-8-18(19)21-17)15-6-4-5-14(3)9-15/h4-9,13,16,20H,10-12H2,1-3H3. The number of thiophene rings is 1. The van der Waals surface area contributed by atoms with Crippen molar-refractivity contribution >= 4 is 22.9 Å². The van der Waals surface area contributed by atoms with E-state index in [1.807, 2.05) is 6.07 Å². The van der Waals surface area contributed by atoms with Crippen LogP contribution >= 0.6 is 22.9 Å². The molecule has 0 aliphatic rings. The van der Waals surface area contributed by atoms with Crippen molar-refractivity contribution in [2.24, 2.45) is 5.92 Å². The van der Waals surface area contributed by atoms with Crippen molar-refractivity contribution in [3.8, 4) is 0 Å². The van der Waals surface area contributed by atoms with Gasteiger partial charge < -0.3 is 5.32 Å². The van der Waals surface area contributed by atoms with Crippen molar-refractivity contribution in [3.05, 3.63) is 56.7 Å². The first-order valence-electron chi connectivity index (χ1n) is 7.56. The molecule has 114 valence electrons. The second kappa shape index (κ2) is 7.98. The highest BCUT2D eigenvalue weighted by Gasteiger charge is 2.14. The largest absolute Gasteiger partial charge is 0.316 e. The Hall–Kier alpha value is -0.830. The normalized spacial score (nSPS) is 12.8. The minimum atomic E-state index is 0.498. The lowest BCUT2D eigenvalue weighted by Crippen LogP contribution is -2.26. The van der Waals surface area contributed by atoms with E-state index in [1.54, 1.807) is 11.3 Å². The Morgan fingerprint density at radius 1 is 1.14 bits per heavy atom. The van der Waals surface area contributed by atoms with Gasteiger partial charge in [-0.25, -0.2) is 0 Å². The van der Waals surface area contributed by atoms with Crippen LogP contribution in [0.1, 0.15) is 35.8 Å². The molecule has 1 nitrogen and oxygen atoms in total. The first-order chi connectivity index (χ1) is 10.0. The number of rotatable bonds is 7. The molecule has 1 N–H and O–H groups in total. The van der Waals surface area contributed by atoms with Gasteiger partial charge in [-0.2, -0.15) is 0 Å². The molecule has 0 radical (unpaired) electrons. The smallest absolute Gasteiger partial charge is 0.0931 e. The molecule has 0 bridgehead atoms. The molecule has 0 aliphatic heterocycles. The van der Waals surface area contributed by atoms with Crippen molar-refractivity contribution in [2.45, 2.75) is 33.1 Å². The first kappa shape index (κ1) is 16.5. The summed E-state index contributed by atoms with van der Waals surface area (Å²) in [6, 6.07) is 13.0. The summed E-state index contributed by atoms with van der Waals surface area (Å²) in [6.07, 6.45) is 1.05. The van der Waals surface area contributed by atoms with Gasteiger partial charge in [0, 0.05) is 17.3 Å². The average molecular weight is 322 g/mol. The predicted octanol–water partition coefficient (Wildman–Crippen LogP) is 5.28. The van der Waals surface area contributed by atoms with Crippen LogP contribution in [0.15, 0.2) is 36.4 Å². The summed E-state index contributed by atoms with van der Waals surface area (Å²) in [5.41, 5.74) is 2.74. The monoisotopic (exact) mass is 321 g/mol. The van der Waals surface area contributed by atoms with Crippen LogP contribution in [0.5, 0.6) is 0 Å². The molecular formula is C18H24ClNS. The second-order valence-electron chi connectivity index (χ2n) is 6.07. The van der Waals surface area contributed by atoms with E-state index in [4.69, 9.17) is 11.6 Å². The average Bonchev–Trinajstić information content (AvgIpc) is 2.83. The Kier molecular flexibility index (Phi) is 6.28. The number of benzene rings is 1. The van der Waals surface area contributed by atoms with Gasteiger partial charge in [0.15, 0.2) is 0 Å². The lowest BCUT2D eigenvalue weighted by Gasteiger charge is -2.19. The van der Waals surface area contributed by atoms with E-state index < -0.39 is 0 Å². The second-order valence-corrected chi connectivity index (χ2v) is 7.87. The zero-order valence-electron chi connectivity index (χ0n) is 13.0. The minimum absolute atomic E-state index is 0.498. The lowest BCUT2D eigenvalue weighted by atomic mass is 9.93. The Morgan fingerprint density at radius 2 is 1.95 bits per heavy atom. The Balaban J connectivity index is 2.09. The maximum Gasteiger partial charge on any atom is 0.0931 e. The number of hydrogen-bond donors (Lipinski definition) is 1. The molecule has 2 aromatic rings. The fourth-order valence-corrected chi connectivity index (χ4v) is 3.65. The van der Waals surface area contributed by atoms with Crippen molar-refractivity contribution in [2.75, 3.05) is 13.1 Å². The molecule has 0 fully saturated rings. The summed E-state index contributed by atoms with van der Waals surface area (Å²) in [6.45, 7) is 8.72. The molecule has 21 heavy (non-hydrogen) atoms. The van der Waals surface area contributed by atoms with Crippen molar-refractivity contribution < 1.29 is 0 Å². The van der Waals surface area contributed by atoms with E-state index in [9.17, 15) is 0 Å². The van der Waals surface area contributed by atoms with E-state index in [2.05, 4.69) is 56.4 Å². The highest BCUT2D eigenvalue weighted by molar-refractivity contribution is 7.16. The van der Waals surface area contributed by atoms with Gasteiger partial charge in [-0.3, -0.25) is 0 Å². The lowest BCUT2D eigenvalue weighted by molar-refractivity contribution is 0.515. The number of halogens is 1. The molecule has 0 saturated carbocycles. The number of hydrogen-bond acceptors (Lipinski definition) is 2. The van der Waals surface area contributed by atoms with Crippen LogP contribution < -0.4 is 5.32 Å². The Morgan fingerprint density at radius 3 is 2.57 bits per heavy atom. The molecule has 1 atom stereocenters. The van der Waals surface area contributed by atoms with Crippen LogP contribution in [0.2, 0.25) is 4.34 Å². The summed E-state index contributed by atoms with van der Waals surface area (Å²) >= 11 is 7.76. The van der Waals surface area contributed by atoms with Crippen LogP contribution in [0.25, 0.3) is 0 Å². The van der Waals surface area contributed by atoms with Gasteiger partial charge >= 0.3 is 0 Å². The van der Waals surface area contributed by atoms with Gasteiger partial charge in [0.05, 0.1) is 4.34 Å². The molecule has 0 aliphatic carbocycles. The van der Waals surface area contributed by atoms with Gasteiger partial charge in [0.25, 0.3) is 0 Å². The van der Waals surface area contributed by atoms with Crippen molar-refractivity contribution in [1.29, 1.82) is 0 Å². The highest BCUT2D eigenvalue weighted by atomic mass is 35.5. The fourth-order valence-electron chi connectivity index (χ4n) is 2.48. The number of nitrogens with one attached hydrogen (secondary N) is 1. The summed E-state index contributed by atoms with van der Waals surface area (Å²) in [5.74, 6) is 1.18. The summed E-state index contributed by atoms with van der Waals surface area (Å²) in [5, 5.41) is 3.60. The van der Waals surface area contributed by atoms with Crippen molar-refractivity contribution in [1.82, 2.24) is 5.32 Å². The summed E-state index contributed by atoms with van der Waals surface area (Å²) < 4.78 is 0.878. The molecular weight excluding hydrogens is 298 g/mol. The quantitative estimate of drug-likeness (QED) is 0.731. The van der Waals surface area contributed by atoms with E-state index >= 15 is 0 Å². The fraction of sp³-hybridized carbons (Fsp3) is 0.444. The van der Waals surface area contributed by atoms with Crippen LogP contribution in [0, 0.1) is 12.8 Å². The minimum Gasteiger partial charge on any atom is -0.316 e. The Labute approximate surface area is 137 Å². The zero-order chi connectivity index (χ0) is 15.2. The number of aryl methyl sites for hydroxylation is 1. The van der Waals surface area contributed by atoms with Gasteiger partial charge in [-0.15, -0.1) is 11.3 Å². The highest BCUT2D eigenvalue weighted by Crippen LogP contribution is 2.28. The van der Waals surface area contributed by atoms with Gasteiger partial charge in [-0.1, -0.05) is 55.3 Å². The SMILES string of the molecule is Cc1cccc(C(CNCC(C)C)Cc2ccc(Cl)s2)c1. The third kappa shape index (κ3) is 5.46. The molecule has 0 saturated heterocycles. The van der Waals surface area contributed by atoms with Gasteiger partial charge in [-0.05, 0) is 43.5 Å². The maximum atomic E-state index is 6.06. The topological polar surface area (TPSA) is 12.0 Å². The molecule has 1 unspecified atom stereocenters. The van der Waals surface area contributed by atoms with E-state index in [1.165, 1.54) is 16.0 Å². The van der Waals surface area contributed by atoms with Gasteiger partial charge in [0.1, 0.15) is 0 Å². The van der Waals surface area contributed by atoms with Gasteiger partial charge in [0.2, 0.25) is 0 Å². The predicted molar refractivity (Wildman–Crippen MR) is 94.7 cm³/mol. The zero-order valence-corrected chi connectivity index (χ0v) is 14.6. The molecule has 0 spiro atoms. The van der Waals surface area contributed by atoms with Crippen LogP contribution in [0.4, 0.5) is 0 Å². The molecule has 0 amide bonds. The van der Waals surface area contributed by atoms with E-state index in [0.29, 0.717) is 11.8 Å². The Bertz CT molecular complexity index is 562.